The van der Waals surface area contributed by atoms with Gasteiger partial charge in [-0.2, -0.15) is 0 Å². The summed E-state index contributed by atoms with van der Waals surface area (Å²) in [4.78, 5) is 4.59. The number of alkyl halides is 1. The van der Waals surface area contributed by atoms with E-state index in [2.05, 4.69) is 17.1 Å². The number of ether oxygens (including phenoxy) is 1. The molecule has 0 radical (unpaired) electrons. The molecule has 0 fully saturated rings. The maximum Gasteiger partial charge on any atom is 0.130 e. The van der Waals surface area contributed by atoms with Gasteiger partial charge in [-0.15, -0.1) is 11.6 Å². The van der Waals surface area contributed by atoms with E-state index < -0.39 is 0 Å². The number of fused-ring (bicyclic) bond motifs is 1. The fourth-order valence-corrected chi connectivity index (χ4v) is 2.32. The zero-order chi connectivity index (χ0) is 13.8. The summed E-state index contributed by atoms with van der Waals surface area (Å²) < 4.78 is 5.82. The van der Waals surface area contributed by atoms with Gasteiger partial charge >= 0.3 is 0 Å². The Labute approximate surface area is 123 Å². The molecular formula is C17H14ClNO. The molecule has 0 atom stereocenters. The van der Waals surface area contributed by atoms with Crippen LogP contribution in [0.5, 0.6) is 5.75 Å². The first-order chi connectivity index (χ1) is 9.86. The van der Waals surface area contributed by atoms with Crippen LogP contribution in [0.15, 0.2) is 60.7 Å². The summed E-state index contributed by atoms with van der Waals surface area (Å²) in [6.07, 6.45) is 0. The molecule has 0 aliphatic rings. The molecule has 0 saturated heterocycles. The molecule has 0 spiro atoms. The summed E-state index contributed by atoms with van der Waals surface area (Å²) in [5.41, 5.74) is 2.89. The van der Waals surface area contributed by atoms with Crippen LogP contribution in [0.1, 0.15) is 11.3 Å². The lowest BCUT2D eigenvalue weighted by Crippen LogP contribution is -2.00. The number of pyridine rings is 1. The van der Waals surface area contributed by atoms with Crippen molar-refractivity contribution >= 4 is 22.5 Å². The maximum atomic E-state index is 5.90. The Morgan fingerprint density at radius 3 is 2.60 bits per heavy atom. The quantitative estimate of drug-likeness (QED) is 0.655. The number of rotatable bonds is 4. The van der Waals surface area contributed by atoms with E-state index in [-0.39, 0.29) is 0 Å². The van der Waals surface area contributed by atoms with E-state index >= 15 is 0 Å². The second kappa shape index (κ2) is 5.93. The van der Waals surface area contributed by atoms with Crippen molar-refractivity contribution in [3.63, 3.8) is 0 Å². The molecule has 0 saturated carbocycles. The van der Waals surface area contributed by atoms with Gasteiger partial charge < -0.3 is 4.74 Å². The van der Waals surface area contributed by atoms with Crippen LogP contribution in [0, 0.1) is 0 Å². The summed E-state index contributed by atoms with van der Waals surface area (Å²) in [6, 6.07) is 19.9. The first kappa shape index (κ1) is 12.9. The van der Waals surface area contributed by atoms with Gasteiger partial charge in [0.25, 0.3) is 0 Å². The number of aromatic nitrogens is 1. The third-order valence-corrected chi connectivity index (χ3v) is 3.44. The van der Waals surface area contributed by atoms with Crippen molar-refractivity contribution in [2.45, 2.75) is 12.5 Å². The average Bonchev–Trinajstić information content (AvgIpc) is 2.53. The lowest BCUT2D eigenvalue weighted by atomic mass is 10.2. The van der Waals surface area contributed by atoms with Crippen LogP contribution in [-0.4, -0.2) is 4.98 Å². The Morgan fingerprint density at radius 1 is 0.900 bits per heavy atom. The first-order valence-electron chi connectivity index (χ1n) is 6.48. The van der Waals surface area contributed by atoms with E-state index in [1.807, 2.05) is 48.5 Å². The van der Waals surface area contributed by atoms with Crippen LogP contribution in [0.2, 0.25) is 0 Å². The second-order valence-electron chi connectivity index (χ2n) is 4.53. The summed E-state index contributed by atoms with van der Waals surface area (Å²) in [5, 5.41) is 1.14. The molecule has 0 aliphatic heterocycles. The number of halogens is 1. The van der Waals surface area contributed by atoms with Gasteiger partial charge in [-0.05, 0) is 18.2 Å². The molecule has 0 aliphatic carbocycles. The normalized spacial score (nSPS) is 10.7. The Morgan fingerprint density at radius 2 is 1.70 bits per heavy atom. The minimum absolute atomic E-state index is 0.443. The highest BCUT2D eigenvalue weighted by molar-refractivity contribution is 6.17. The number of hydrogen-bond acceptors (Lipinski definition) is 2. The molecule has 3 heteroatoms. The zero-order valence-electron chi connectivity index (χ0n) is 10.9. The summed E-state index contributed by atoms with van der Waals surface area (Å²) in [7, 11) is 0. The van der Waals surface area contributed by atoms with Crippen LogP contribution < -0.4 is 4.74 Å². The largest absolute Gasteiger partial charge is 0.487 e. The van der Waals surface area contributed by atoms with Gasteiger partial charge in [0.05, 0.1) is 17.1 Å². The molecule has 1 heterocycles. The van der Waals surface area contributed by atoms with Gasteiger partial charge in [0.1, 0.15) is 12.4 Å². The minimum atomic E-state index is 0.443. The third kappa shape index (κ3) is 2.75. The molecular weight excluding hydrogens is 270 g/mol. The van der Waals surface area contributed by atoms with Gasteiger partial charge in [0.15, 0.2) is 0 Å². The first-order valence-corrected chi connectivity index (χ1v) is 7.01. The Balaban J connectivity index is 1.79. The molecule has 0 N–H and O–H groups in total. The van der Waals surface area contributed by atoms with E-state index in [0.29, 0.717) is 12.5 Å². The lowest BCUT2D eigenvalue weighted by Gasteiger charge is -2.09. The molecule has 0 bridgehead atoms. The molecule has 0 amide bonds. The molecule has 0 unspecified atom stereocenters. The highest BCUT2D eigenvalue weighted by Crippen LogP contribution is 2.21. The smallest absolute Gasteiger partial charge is 0.130 e. The van der Waals surface area contributed by atoms with Crippen molar-refractivity contribution in [2.75, 3.05) is 0 Å². The Hall–Kier alpha value is -2.06. The van der Waals surface area contributed by atoms with Gasteiger partial charge in [-0.25, -0.2) is 4.98 Å². The Kier molecular flexibility index (Phi) is 3.84. The molecule has 20 heavy (non-hydrogen) atoms. The van der Waals surface area contributed by atoms with Gasteiger partial charge in [0.2, 0.25) is 0 Å². The second-order valence-corrected chi connectivity index (χ2v) is 4.79. The minimum Gasteiger partial charge on any atom is -0.487 e. The average molecular weight is 284 g/mol. The predicted molar refractivity (Wildman–Crippen MR) is 82.1 cm³/mol. The van der Waals surface area contributed by atoms with Crippen molar-refractivity contribution in [3.8, 4) is 5.75 Å². The standard InChI is InChI=1S/C17H14ClNO/c18-11-14-6-2-4-8-17(14)20-12-15-10-9-13-5-1-3-7-16(13)19-15/h1-10H,11-12H2. The fraction of sp³-hybridized carbons (Fsp3) is 0.118. The molecule has 3 aromatic rings. The number of para-hydroxylation sites is 2. The van der Waals surface area contributed by atoms with Crippen molar-refractivity contribution in [2.24, 2.45) is 0 Å². The van der Waals surface area contributed by atoms with E-state index in [1.54, 1.807) is 0 Å². The number of hydrogen-bond donors (Lipinski definition) is 0. The summed E-state index contributed by atoms with van der Waals surface area (Å²) in [5.74, 6) is 1.26. The molecule has 2 aromatic carbocycles. The van der Waals surface area contributed by atoms with Crippen LogP contribution in [-0.2, 0) is 12.5 Å². The van der Waals surface area contributed by atoms with Crippen molar-refractivity contribution in [1.29, 1.82) is 0 Å². The molecule has 3 rings (SSSR count). The van der Waals surface area contributed by atoms with Crippen LogP contribution >= 0.6 is 11.6 Å². The molecule has 1 aromatic heterocycles. The topological polar surface area (TPSA) is 22.1 Å². The summed E-state index contributed by atoms with van der Waals surface area (Å²) >= 11 is 5.90. The Bertz CT molecular complexity index is 727. The van der Waals surface area contributed by atoms with Crippen molar-refractivity contribution in [3.05, 3.63) is 71.9 Å². The number of nitrogens with zero attached hydrogens (tertiary/aromatic N) is 1. The highest BCUT2D eigenvalue weighted by atomic mass is 35.5. The van der Waals surface area contributed by atoms with E-state index in [9.17, 15) is 0 Å². The van der Waals surface area contributed by atoms with Gasteiger partial charge in [0, 0.05) is 10.9 Å². The van der Waals surface area contributed by atoms with Gasteiger partial charge in [-0.1, -0.05) is 42.5 Å². The van der Waals surface area contributed by atoms with E-state index in [4.69, 9.17) is 16.3 Å². The SMILES string of the molecule is ClCc1ccccc1OCc1ccc2ccccc2n1. The molecule has 2 nitrogen and oxygen atoms in total. The van der Waals surface area contributed by atoms with Crippen LogP contribution in [0.4, 0.5) is 0 Å². The monoisotopic (exact) mass is 283 g/mol. The fourth-order valence-electron chi connectivity index (χ4n) is 2.10. The third-order valence-electron chi connectivity index (χ3n) is 3.15. The predicted octanol–water partition coefficient (Wildman–Crippen LogP) is 4.55. The van der Waals surface area contributed by atoms with Crippen LogP contribution in [0.3, 0.4) is 0 Å². The highest BCUT2D eigenvalue weighted by Gasteiger charge is 2.03. The van der Waals surface area contributed by atoms with Gasteiger partial charge in [-0.3, -0.25) is 0 Å². The number of benzene rings is 2. The maximum absolute atomic E-state index is 5.90. The lowest BCUT2D eigenvalue weighted by molar-refractivity contribution is 0.299. The van der Waals surface area contributed by atoms with Crippen molar-refractivity contribution < 1.29 is 4.74 Å². The van der Waals surface area contributed by atoms with E-state index in [0.717, 1.165) is 27.9 Å². The molecule has 100 valence electrons. The summed E-state index contributed by atoms with van der Waals surface area (Å²) in [6.45, 7) is 0.443. The van der Waals surface area contributed by atoms with Crippen molar-refractivity contribution in [1.82, 2.24) is 4.98 Å². The van der Waals surface area contributed by atoms with E-state index in [1.165, 1.54) is 0 Å². The van der Waals surface area contributed by atoms with Crippen LogP contribution in [0.25, 0.3) is 10.9 Å². The zero-order valence-corrected chi connectivity index (χ0v) is 11.7.